The minimum absolute atomic E-state index is 0.161. The molecule has 1 aromatic heterocycles. The number of fused-ring (bicyclic) bond motifs is 1. The summed E-state index contributed by atoms with van der Waals surface area (Å²) in [6, 6.07) is 31.2. The Bertz CT molecular complexity index is 1670. The van der Waals surface area contributed by atoms with Gasteiger partial charge in [0.05, 0.1) is 29.2 Å². The van der Waals surface area contributed by atoms with Gasteiger partial charge in [-0.15, -0.1) is 0 Å². The maximum Gasteiger partial charge on any atom is 0.266 e. The highest BCUT2D eigenvalue weighted by Crippen LogP contribution is 2.30. The smallest absolute Gasteiger partial charge is 0.266 e. The minimum atomic E-state index is -0.562. The first-order valence-corrected chi connectivity index (χ1v) is 13.6. The standard InChI is InChI=1S/C32H28BrN3O3/c1-3-39-29-16-10-9-15-28(29)36-30(34-27-14-8-7-13-26(27)32(36)38)22(2)35(21-23-11-5-4-6-12-23)31(37)24-17-19-25(33)20-18-24/h4-20,22H,3,21H2,1-2H3. The molecule has 0 radical (unpaired) electrons. The normalized spacial score (nSPS) is 11.8. The van der Waals surface area contributed by atoms with E-state index in [1.807, 2.05) is 98.8 Å². The van der Waals surface area contributed by atoms with Gasteiger partial charge < -0.3 is 9.64 Å². The quantitative estimate of drug-likeness (QED) is 0.199. The van der Waals surface area contributed by atoms with Gasteiger partial charge in [-0.05, 0) is 67.9 Å². The fraction of sp³-hybridized carbons (Fsp3) is 0.156. The van der Waals surface area contributed by atoms with Gasteiger partial charge in [-0.1, -0.05) is 70.5 Å². The fourth-order valence-corrected chi connectivity index (χ4v) is 4.91. The van der Waals surface area contributed by atoms with Crippen LogP contribution in [0.15, 0.2) is 112 Å². The highest BCUT2D eigenvalue weighted by atomic mass is 79.9. The average Bonchev–Trinajstić information content (AvgIpc) is 2.97. The molecule has 1 atom stereocenters. The van der Waals surface area contributed by atoms with Crippen LogP contribution in [0.25, 0.3) is 16.6 Å². The Hall–Kier alpha value is -4.23. The first kappa shape index (κ1) is 26.4. The van der Waals surface area contributed by atoms with Crippen molar-refractivity contribution in [1.82, 2.24) is 14.5 Å². The molecular weight excluding hydrogens is 554 g/mol. The topological polar surface area (TPSA) is 64.4 Å². The largest absolute Gasteiger partial charge is 0.492 e. The van der Waals surface area contributed by atoms with Crippen molar-refractivity contribution in [1.29, 1.82) is 0 Å². The number of para-hydroxylation sites is 3. The van der Waals surface area contributed by atoms with E-state index in [1.54, 1.807) is 27.7 Å². The van der Waals surface area contributed by atoms with Crippen molar-refractivity contribution in [2.75, 3.05) is 6.61 Å². The van der Waals surface area contributed by atoms with Crippen LogP contribution < -0.4 is 10.3 Å². The predicted molar refractivity (Wildman–Crippen MR) is 157 cm³/mol. The van der Waals surface area contributed by atoms with Crippen molar-refractivity contribution in [2.45, 2.75) is 26.4 Å². The molecule has 0 saturated heterocycles. The third-order valence-electron chi connectivity index (χ3n) is 6.60. The van der Waals surface area contributed by atoms with Crippen LogP contribution >= 0.6 is 15.9 Å². The Kier molecular flexibility index (Phi) is 7.89. The van der Waals surface area contributed by atoms with E-state index in [0.29, 0.717) is 46.9 Å². The Labute approximate surface area is 235 Å². The monoisotopic (exact) mass is 581 g/mol. The van der Waals surface area contributed by atoms with E-state index in [9.17, 15) is 9.59 Å². The lowest BCUT2D eigenvalue weighted by Crippen LogP contribution is -2.37. The molecule has 0 aliphatic rings. The third-order valence-corrected chi connectivity index (χ3v) is 7.13. The number of aromatic nitrogens is 2. The van der Waals surface area contributed by atoms with E-state index in [-0.39, 0.29) is 11.5 Å². The molecule has 39 heavy (non-hydrogen) atoms. The lowest BCUT2D eigenvalue weighted by Gasteiger charge is -2.31. The second-order valence-corrected chi connectivity index (χ2v) is 10.0. The van der Waals surface area contributed by atoms with Crippen LogP contribution in [0, 0.1) is 0 Å². The van der Waals surface area contributed by atoms with Gasteiger partial charge in [0.2, 0.25) is 0 Å². The van der Waals surface area contributed by atoms with Gasteiger partial charge >= 0.3 is 0 Å². The summed E-state index contributed by atoms with van der Waals surface area (Å²) in [4.78, 5) is 34.8. The van der Waals surface area contributed by atoms with E-state index in [0.717, 1.165) is 10.0 Å². The number of benzene rings is 4. The summed E-state index contributed by atoms with van der Waals surface area (Å²) in [5.74, 6) is 0.861. The molecule has 7 heteroatoms. The lowest BCUT2D eigenvalue weighted by molar-refractivity contribution is 0.0664. The molecule has 0 spiro atoms. The first-order chi connectivity index (χ1) is 19.0. The maximum atomic E-state index is 14.0. The number of rotatable bonds is 8. The van der Waals surface area contributed by atoms with Gasteiger partial charge in [-0.3, -0.25) is 14.2 Å². The molecule has 0 aliphatic heterocycles. The molecule has 1 amide bonds. The van der Waals surface area contributed by atoms with Crippen molar-refractivity contribution in [3.63, 3.8) is 0 Å². The summed E-state index contributed by atoms with van der Waals surface area (Å²) in [5, 5.41) is 0.494. The number of amides is 1. The van der Waals surface area contributed by atoms with E-state index < -0.39 is 6.04 Å². The number of nitrogens with zero attached hydrogens (tertiary/aromatic N) is 3. The molecule has 5 aromatic rings. The second-order valence-electron chi connectivity index (χ2n) is 9.13. The Morgan fingerprint density at radius 2 is 1.59 bits per heavy atom. The summed E-state index contributed by atoms with van der Waals surface area (Å²) in [6.45, 7) is 4.60. The van der Waals surface area contributed by atoms with Gasteiger partial charge in [0.25, 0.3) is 11.5 Å². The highest BCUT2D eigenvalue weighted by Gasteiger charge is 2.28. The first-order valence-electron chi connectivity index (χ1n) is 12.8. The number of carbonyl (C=O) groups excluding carboxylic acids is 1. The highest BCUT2D eigenvalue weighted by molar-refractivity contribution is 9.10. The van der Waals surface area contributed by atoms with Crippen LogP contribution in [-0.2, 0) is 6.54 Å². The number of hydrogen-bond acceptors (Lipinski definition) is 4. The van der Waals surface area contributed by atoms with Crippen LogP contribution in [-0.4, -0.2) is 27.0 Å². The van der Waals surface area contributed by atoms with Crippen molar-refractivity contribution >= 4 is 32.7 Å². The predicted octanol–water partition coefficient (Wildman–Crippen LogP) is 6.95. The van der Waals surface area contributed by atoms with Crippen molar-refractivity contribution < 1.29 is 9.53 Å². The summed E-state index contributed by atoms with van der Waals surface area (Å²) >= 11 is 3.45. The maximum absolute atomic E-state index is 14.0. The molecule has 0 aliphatic carbocycles. The Balaban J connectivity index is 1.72. The van der Waals surface area contributed by atoms with E-state index in [1.165, 1.54) is 0 Å². The van der Waals surface area contributed by atoms with Crippen molar-refractivity contribution in [3.8, 4) is 11.4 Å². The molecule has 0 fully saturated rings. The summed E-state index contributed by atoms with van der Waals surface area (Å²) in [5.41, 5.74) is 2.46. The van der Waals surface area contributed by atoms with Crippen LogP contribution in [0.1, 0.15) is 41.6 Å². The van der Waals surface area contributed by atoms with Crippen LogP contribution in [0.5, 0.6) is 5.75 Å². The summed E-state index contributed by atoms with van der Waals surface area (Å²) in [7, 11) is 0. The van der Waals surface area contributed by atoms with E-state index >= 15 is 0 Å². The molecule has 0 bridgehead atoms. The van der Waals surface area contributed by atoms with Gasteiger partial charge in [-0.2, -0.15) is 0 Å². The number of halogens is 1. The molecule has 0 N–H and O–H groups in total. The Morgan fingerprint density at radius 3 is 2.33 bits per heavy atom. The number of hydrogen-bond donors (Lipinski definition) is 0. The number of ether oxygens (including phenoxy) is 1. The molecule has 6 nitrogen and oxygen atoms in total. The lowest BCUT2D eigenvalue weighted by atomic mass is 10.1. The van der Waals surface area contributed by atoms with Crippen molar-refractivity contribution in [3.05, 3.63) is 135 Å². The molecule has 1 heterocycles. The fourth-order valence-electron chi connectivity index (χ4n) is 4.64. The summed E-state index contributed by atoms with van der Waals surface area (Å²) in [6.07, 6.45) is 0. The molecule has 5 rings (SSSR count). The second kappa shape index (κ2) is 11.7. The zero-order valence-electron chi connectivity index (χ0n) is 21.8. The van der Waals surface area contributed by atoms with Crippen LogP contribution in [0.4, 0.5) is 0 Å². The van der Waals surface area contributed by atoms with Gasteiger partial charge in [-0.25, -0.2) is 4.98 Å². The van der Waals surface area contributed by atoms with Gasteiger partial charge in [0, 0.05) is 16.6 Å². The minimum Gasteiger partial charge on any atom is -0.492 e. The number of carbonyl (C=O) groups is 1. The molecular formula is C32H28BrN3O3. The van der Waals surface area contributed by atoms with Gasteiger partial charge in [0.1, 0.15) is 11.6 Å². The zero-order valence-corrected chi connectivity index (χ0v) is 23.3. The average molecular weight is 582 g/mol. The van der Waals surface area contributed by atoms with E-state index in [4.69, 9.17) is 9.72 Å². The molecule has 196 valence electrons. The Morgan fingerprint density at radius 1 is 0.923 bits per heavy atom. The molecule has 0 saturated carbocycles. The van der Waals surface area contributed by atoms with E-state index in [2.05, 4.69) is 15.9 Å². The molecule has 1 unspecified atom stereocenters. The van der Waals surface area contributed by atoms with Crippen LogP contribution in [0.3, 0.4) is 0 Å². The zero-order chi connectivity index (χ0) is 27.4. The summed E-state index contributed by atoms with van der Waals surface area (Å²) < 4.78 is 8.38. The SMILES string of the molecule is CCOc1ccccc1-n1c(C(C)N(Cc2ccccc2)C(=O)c2ccc(Br)cc2)nc2ccccc2c1=O. The molecule has 4 aromatic carbocycles. The van der Waals surface area contributed by atoms with Crippen molar-refractivity contribution in [2.24, 2.45) is 0 Å². The third kappa shape index (κ3) is 5.49. The van der Waals surface area contributed by atoms with Crippen LogP contribution in [0.2, 0.25) is 0 Å². The van der Waals surface area contributed by atoms with Gasteiger partial charge in [0.15, 0.2) is 0 Å².